The van der Waals surface area contributed by atoms with E-state index < -0.39 is 71.7 Å². The van der Waals surface area contributed by atoms with Gasteiger partial charge in [0.15, 0.2) is 11.2 Å². The van der Waals surface area contributed by atoms with Gasteiger partial charge in [-0.3, -0.25) is 33.8 Å². The highest BCUT2D eigenvalue weighted by Gasteiger charge is 2.28. The van der Waals surface area contributed by atoms with E-state index in [1.807, 2.05) is 0 Å². The number of carboxylic acids is 2. The number of amides is 2. The number of fused-ring (bicyclic) bond motifs is 1. The smallest absolute Gasteiger partial charge is 0.326 e. The number of H-pyrrole nitrogens is 1. The van der Waals surface area contributed by atoms with E-state index in [0.717, 1.165) is 0 Å². The molecular weight excluding hydrogens is 674 g/mol. The molecule has 2 aromatic heterocycles. The number of hydrogen-bond acceptors (Lipinski definition) is 14. The number of rotatable bonds is 20. The molecule has 0 bridgehead atoms. The summed E-state index contributed by atoms with van der Waals surface area (Å²) in [5.41, 5.74) is 12.2. The number of aromatic amines is 1. The van der Waals surface area contributed by atoms with Crippen LogP contribution in [0.1, 0.15) is 61.5 Å². The van der Waals surface area contributed by atoms with E-state index in [0.29, 0.717) is 17.1 Å². The Balaban J connectivity index is 1.47. The molecule has 0 saturated carbocycles. The molecule has 10 N–H and O–H groups in total. The quantitative estimate of drug-likeness (QED) is 0.0698. The molecule has 268 valence electrons. The third-order valence-electron chi connectivity index (χ3n) is 7.47. The van der Waals surface area contributed by atoms with E-state index in [1.54, 1.807) is 19.1 Å². The van der Waals surface area contributed by atoms with E-state index in [1.165, 1.54) is 18.3 Å². The average molecular weight is 714 g/mol. The van der Waals surface area contributed by atoms with Gasteiger partial charge in [0.1, 0.15) is 17.6 Å². The maximum atomic E-state index is 12.8. The first kappa shape index (κ1) is 39.0. The van der Waals surface area contributed by atoms with Crippen LogP contribution in [0.15, 0.2) is 35.3 Å². The number of carbonyl (C=O) groups excluding carboxylic acids is 4. The van der Waals surface area contributed by atoms with Crippen molar-refractivity contribution in [3.8, 4) is 0 Å². The van der Waals surface area contributed by atoms with E-state index in [9.17, 15) is 38.7 Å². The number of thiol groups is 1. The molecular formula is C31H39N9O9S. The topological polar surface area (TPSA) is 303 Å². The van der Waals surface area contributed by atoms with Gasteiger partial charge in [-0.25, -0.2) is 14.8 Å². The van der Waals surface area contributed by atoms with Crippen molar-refractivity contribution in [2.45, 2.75) is 70.1 Å². The molecule has 0 spiro atoms. The van der Waals surface area contributed by atoms with Crippen molar-refractivity contribution in [3.05, 3.63) is 52.1 Å². The number of aliphatic carboxylic acids is 2. The highest BCUT2D eigenvalue weighted by molar-refractivity contribution is 7.80. The minimum absolute atomic E-state index is 0.0273. The zero-order valence-corrected chi connectivity index (χ0v) is 27.9. The van der Waals surface area contributed by atoms with Crippen LogP contribution in [0.25, 0.3) is 11.2 Å². The summed E-state index contributed by atoms with van der Waals surface area (Å²) in [5, 5.41) is 26.8. The monoisotopic (exact) mass is 713 g/mol. The molecule has 0 fully saturated rings. The number of nitrogens with one attached hydrogen (secondary N) is 4. The van der Waals surface area contributed by atoms with Crippen LogP contribution >= 0.6 is 12.6 Å². The highest BCUT2D eigenvalue weighted by atomic mass is 32.1. The number of aromatic nitrogens is 4. The molecule has 4 atom stereocenters. The predicted octanol–water partition coefficient (Wildman–Crippen LogP) is 0.0318. The number of anilines is 2. The number of carboxylic acid groups (broad SMARTS) is 2. The van der Waals surface area contributed by atoms with Crippen molar-refractivity contribution < 1.29 is 39.0 Å². The number of carbonyl (C=O) groups is 6. The van der Waals surface area contributed by atoms with Crippen LogP contribution in [0.2, 0.25) is 0 Å². The predicted molar refractivity (Wildman–Crippen MR) is 183 cm³/mol. The van der Waals surface area contributed by atoms with Gasteiger partial charge in [0.05, 0.1) is 36.8 Å². The number of hydrogen-bond donors (Lipinski definition) is 9. The first-order chi connectivity index (χ1) is 23.7. The van der Waals surface area contributed by atoms with Gasteiger partial charge in [-0.2, -0.15) is 17.6 Å². The summed E-state index contributed by atoms with van der Waals surface area (Å²) in [6.07, 6.45) is -0.262. The van der Waals surface area contributed by atoms with Crippen molar-refractivity contribution in [2.75, 3.05) is 16.8 Å². The third kappa shape index (κ3) is 11.9. The van der Waals surface area contributed by atoms with Crippen molar-refractivity contribution >= 4 is 70.7 Å². The fraction of sp³-hybridized carbons (Fsp3) is 0.419. The summed E-state index contributed by atoms with van der Waals surface area (Å²) in [6, 6.07) is 3.24. The summed E-state index contributed by atoms with van der Waals surface area (Å²) >= 11 is 4.06. The summed E-state index contributed by atoms with van der Waals surface area (Å²) in [6.45, 7) is 1.86. The molecule has 0 aliphatic rings. The molecule has 3 aromatic rings. The number of benzene rings is 1. The van der Waals surface area contributed by atoms with Crippen LogP contribution in [0.4, 0.5) is 11.6 Å². The lowest BCUT2D eigenvalue weighted by molar-refractivity contribution is -0.142. The first-order valence-electron chi connectivity index (χ1n) is 15.5. The second kappa shape index (κ2) is 18.4. The summed E-state index contributed by atoms with van der Waals surface area (Å²) < 4.78 is 0. The van der Waals surface area contributed by atoms with E-state index in [-0.39, 0.29) is 60.9 Å². The Hall–Kier alpha value is -5.43. The van der Waals surface area contributed by atoms with Gasteiger partial charge in [0.2, 0.25) is 11.9 Å². The Bertz CT molecular complexity index is 1790. The van der Waals surface area contributed by atoms with Crippen molar-refractivity contribution in [2.24, 2.45) is 11.7 Å². The van der Waals surface area contributed by atoms with E-state index >= 15 is 0 Å². The van der Waals surface area contributed by atoms with Gasteiger partial charge in [-0.15, -0.1) is 0 Å². The Morgan fingerprint density at radius 2 is 1.66 bits per heavy atom. The minimum Gasteiger partial charge on any atom is -0.481 e. The Morgan fingerprint density at radius 1 is 0.980 bits per heavy atom. The van der Waals surface area contributed by atoms with Gasteiger partial charge in [-0.1, -0.05) is 0 Å². The Labute approximate surface area is 290 Å². The molecule has 0 aliphatic heterocycles. The maximum Gasteiger partial charge on any atom is 0.326 e. The molecule has 18 nitrogen and oxygen atoms in total. The molecule has 0 unspecified atom stereocenters. The van der Waals surface area contributed by atoms with Gasteiger partial charge < -0.3 is 37.6 Å². The Morgan fingerprint density at radius 3 is 2.30 bits per heavy atom. The lowest BCUT2D eigenvalue weighted by atomic mass is 9.92. The SMILES string of the molecule is C[C@@H](CS)NC(=O)[C@@H](CC(=O)O)CC(=O)[C@H](N)CCC(=O)CC[C@@H](NC(=O)c1ccc(NCc2cnc3nc(N)[nH]c(=O)c3n2)cc1)C(=O)O. The second-order valence-electron chi connectivity index (χ2n) is 11.6. The fourth-order valence-corrected chi connectivity index (χ4v) is 4.76. The molecule has 3 rings (SSSR count). The molecule has 1 aromatic carbocycles. The van der Waals surface area contributed by atoms with Gasteiger partial charge >= 0.3 is 11.9 Å². The van der Waals surface area contributed by atoms with Crippen molar-refractivity contribution in [1.29, 1.82) is 0 Å². The highest BCUT2D eigenvalue weighted by Crippen LogP contribution is 2.15. The standard InChI is InChI=1S/C31H39N9O9S/c1-15(14-50)36-28(46)17(11-24(43)44)10-23(42)21(32)8-6-20(41)7-9-22(30(48)49)38-27(45)16-2-4-18(5-3-16)34-12-19-13-35-26-25(37-19)29(47)40-31(33)39-26/h2-5,13,15,17,21-22,34,50H,6-12,14,32H2,1H3,(H,36,46)(H,38,45)(H,43,44)(H,48,49)(H3,33,35,39,40,47)/t15-,17+,21+,22+/m0/s1. The third-order valence-corrected chi connectivity index (χ3v) is 8.02. The normalized spacial score (nSPS) is 13.4. The molecule has 19 heteroatoms. The summed E-state index contributed by atoms with van der Waals surface area (Å²) in [4.78, 5) is 100. The molecule has 2 heterocycles. The van der Waals surface area contributed by atoms with Gasteiger partial charge in [0, 0.05) is 42.3 Å². The number of nitrogens with two attached hydrogens (primary N) is 2. The fourth-order valence-electron chi connectivity index (χ4n) is 4.66. The lowest BCUT2D eigenvalue weighted by Gasteiger charge is -2.19. The van der Waals surface area contributed by atoms with Crippen LogP contribution in [0.5, 0.6) is 0 Å². The maximum absolute atomic E-state index is 12.8. The van der Waals surface area contributed by atoms with Crippen molar-refractivity contribution in [3.63, 3.8) is 0 Å². The van der Waals surface area contributed by atoms with Crippen LogP contribution < -0.4 is 33.0 Å². The van der Waals surface area contributed by atoms with Crippen LogP contribution in [0, 0.1) is 5.92 Å². The molecule has 50 heavy (non-hydrogen) atoms. The van der Waals surface area contributed by atoms with Crippen LogP contribution in [0.3, 0.4) is 0 Å². The lowest BCUT2D eigenvalue weighted by Crippen LogP contribution is -2.42. The average Bonchev–Trinajstić information content (AvgIpc) is 3.07. The van der Waals surface area contributed by atoms with E-state index in [4.69, 9.17) is 16.6 Å². The second-order valence-corrected chi connectivity index (χ2v) is 11.9. The number of nitrogen functional groups attached to an aromatic ring is 1. The number of ketones is 2. The molecule has 2 amide bonds. The minimum atomic E-state index is -1.38. The molecule has 0 saturated heterocycles. The number of nitrogens with zero attached hydrogens (tertiary/aromatic N) is 3. The molecule has 0 aliphatic carbocycles. The first-order valence-corrected chi connectivity index (χ1v) is 16.1. The largest absolute Gasteiger partial charge is 0.481 e. The van der Waals surface area contributed by atoms with Crippen LogP contribution in [-0.2, 0) is 30.5 Å². The molecule has 0 radical (unpaired) electrons. The summed E-state index contributed by atoms with van der Waals surface area (Å²) in [5.74, 6) is -5.80. The zero-order chi connectivity index (χ0) is 37.0. The van der Waals surface area contributed by atoms with Crippen LogP contribution in [-0.4, -0.2) is 89.3 Å². The van der Waals surface area contributed by atoms with E-state index in [2.05, 4.69) is 48.5 Å². The number of Topliss-reactive ketones (excluding diaryl/α,β-unsaturated/α-hetero) is 2. The Kier molecular flexibility index (Phi) is 14.3. The van der Waals surface area contributed by atoms with Gasteiger partial charge in [0.25, 0.3) is 11.5 Å². The van der Waals surface area contributed by atoms with Gasteiger partial charge in [-0.05, 0) is 44.0 Å². The van der Waals surface area contributed by atoms with Crippen molar-refractivity contribution in [1.82, 2.24) is 30.6 Å². The zero-order valence-electron chi connectivity index (χ0n) is 27.0. The summed E-state index contributed by atoms with van der Waals surface area (Å²) in [7, 11) is 0.